The zero-order chi connectivity index (χ0) is 24.3. The molecule has 34 heavy (non-hydrogen) atoms. The Morgan fingerprint density at radius 1 is 0.853 bits per heavy atom. The topological polar surface area (TPSA) is 76.7 Å². The summed E-state index contributed by atoms with van der Waals surface area (Å²) in [4.78, 5) is 25.4. The third kappa shape index (κ3) is 7.37. The van der Waals surface area contributed by atoms with Crippen molar-refractivity contribution in [3.8, 4) is 11.5 Å². The van der Waals surface area contributed by atoms with E-state index < -0.39 is 6.04 Å². The van der Waals surface area contributed by atoms with Crippen LogP contribution in [0.2, 0.25) is 0 Å². The molecule has 0 saturated heterocycles. The number of nitrogens with one attached hydrogen (secondary N) is 2. The standard InChI is InChI=1S/C28H32N2O4/c1-20(2)16-26(31)30-27(23-12-8-5-9-13-23)28(32)29-18-22-14-15-24(25(17-22)33-3)34-19-21-10-6-4-7-11-21/h4-15,17,20,27H,16,18-19H2,1-3H3,(H,29,32)(H,30,31). The van der Waals surface area contributed by atoms with Crippen LogP contribution in [-0.2, 0) is 22.7 Å². The maximum absolute atomic E-state index is 13.0. The number of methoxy groups -OCH3 is 1. The molecule has 178 valence electrons. The van der Waals surface area contributed by atoms with Crippen LogP contribution >= 0.6 is 0 Å². The Kier molecular flexibility index (Phi) is 9.09. The fourth-order valence-corrected chi connectivity index (χ4v) is 3.50. The molecule has 0 aliphatic heterocycles. The van der Waals surface area contributed by atoms with E-state index in [-0.39, 0.29) is 24.3 Å². The average molecular weight is 461 g/mol. The van der Waals surface area contributed by atoms with Crippen molar-refractivity contribution in [1.82, 2.24) is 10.6 Å². The Bertz CT molecular complexity index is 1070. The van der Waals surface area contributed by atoms with Crippen LogP contribution in [0, 0.1) is 5.92 Å². The predicted molar refractivity (Wildman–Crippen MR) is 132 cm³/mol. The number of carbonyl (C=O) groups excluding carboxylic acids is 2. The van der Waals surface area contributed by atoms with Gasteiger partial charge in [0, 0.05) is 13.0 Å². The summed E-state index contributed by atoms with van der Waals surface area (Å²) in [6, 6.07) is 24.0. The van der Waals surface area contributed by atoms with Gasteiger partial charge in [0.25, 0.3) is 0 Å². The van der Waals surface area contributed by atoms with Crippen molar-refractivity contribution in [3.05, 3.63) is 95.6 Å². The number of carbonyl (C=O) groups is 2. The first kappa shape index (κ1) is 24.8. The molecule has 0 saturated carbocycles. The fourth-order valence-electron chi connectivity index (χ4n) is 3.50. The Morgan fingerprint density at radius 2 is 1.53 bits per heavy atom. The van der Waals surface area contributed by atoms with Crippen LogP contribution < -0.4 is 20.1 Å². The van der Waals surface area contributed by atoms with Gasteiger partial charge in [-0.3, -0.25) is 9.59 Å². The lowest BCUT2D eigenvalue weighted by molar-refractivity contribution is -0.129. The van der Waals surface area contributed by atoms with E-state index in [1.165, 1.54) is 0 Å². The van der Waals surface area contributed by atoms with Gasteiger partial charge in [-0.05, 0) is 34.7 Å². The van der Waals surface area contributed by atoms with Crippen molar-refractivity contribution >= 4 is 11.8 Å². The number of hydrogen-bond donors (Lipinski definition) is 2. The molecule has 2 N–H and O–H groups in total. The first-order valence-corrected chi connectivity index (χ1v) is 11.4. The van der Waals surface area contributed by atoms with Gasteiger partial charge in [0.1, 0.15) is 12.6 Å². The number of hydrogen-bond acceptors (Lipinski definition) is 4. The van der Waals surface area contributed by atoms with E-state index in [1.807, 2.05) is 92.7 Å². The van der Waals surface area contributed by atoms with Crippen LogP contribution in [0.15, 0.2) is 78.9 Å². The smallest absolute Gasteiger partial charge is 0.247 e. The third-order valence-corrected chi connectivity index (χ3v) is 5.23. The molecule has 0 aromatic heterocycles. The van der Waals surface area contributed by atoms with E-state index in [1.54, 1.807) is 7.11 Å². The molecule has 0 heterocycles. The second-order valence-electron chi connectivity index (χ2n) is 8.49. The lowest BCUT2D eigenvalue weighted by Gasteiger charge is -2.20. The van der Waals surface area contributed by atoms with Crippen molar-refractivity contribution in [3.63, 3.8) is 0 Å². The Morgan fingerprint density at radius 3 is 2.18 bits per heavy atom. The molecule has 3 aromatic carbocycles. The normalized spacial score (nSPS) is 11.5. The molecule has 0 aliphatic carbocycles. The van der Waals surface area contributed by atoms with Gasteiger partial charge in [0.05, 0.1) is 7.11 Å². The summed E-state index contributed by atoms with van der Waals surface area (Å²) in [5.74, 6) is 0.999. The Hall–Kier alpha value is -3.80. The Labute approximate surface area is 201 Å². The molecule has 0 spiro atoms. The second-order valence-corrected chi connectivity index (χ2v) is 8.49. The lowest BCUT2D eigenvalue weighted by atomic mass is 10.0. The molecular weight excluding hydrogens is 428 g/mol. The van der Waals surface area contributed by atoms with E-state index in [2.05, 4.69) is 10.6 Å². The summed E-state index contributed by atoms with van der Waals surface area (Å²) < 4.78 is 11.4. The van der Waals surface area contributed by atoms with Gasteiger partial charge in [0.2, 0.25) is 11.8 Å². The van der Waals surface area contributed by atoms with Crippen molar-refractivity contribution in [1.29, 1.82) is 0 Å². The maximum Gasteiger partial charge on any atom is 0.247 e. The Balaban J connectivity index is 1.65. The highest BCUT2D eigenvalue weighted by Crippen LogP contribution is 2.29. The number of ether oxygens (including phenoxy) is 2. The highest BCUT2D eigenvalue weighted by atomic mass is 16.5. The molecule has 2 amide bonds. The van der Waals surface area contributed by atoms with E-state index in [0.29, 0.717) is 24.5 Å². The SMILES string of the molecule is COc1cc(CNC(=O)C(NC(=O)CC(C)C)c2ccccc2)ccc1OCc1ccccc1. The molecule has 6 heteroatoms. The first-order chi connectivity index (χ1) is 16.5. The number of rotatable bonds is 11. The molecule has 6 nitrogen and oxygen atoms in total. The largest absolute Gasteiger partial charge is 0.493 e. The third-order valence-electron chi connectivity index (χ3n) is 5.23. The summed E-state index contributed by atoms with van der Waals surface area (Å²) in [7, 11) is 1.59. The highest BCUT2D eigenvalue weighted by Gasteiger charge is 2.23. The molecular formula is C28H32N2O4. The summed E-state index contributed by atoms with van der Waals surface area (Å²) in [5.41, 5.74) is 2.66. The van der Waals surface area contributed by atoms with E-state index in [9.17, 15) is 9.59 Å². The van der Waals surface area contributed by atoms with Gasteiger partial charge in [-0.2, -0.15) is 0 Å². The quantitative estimate of drug-likeness (QED) is 0.431. The summed E-state index contributed by atoms with van der Waals surface area (Å²) in [5, 5.41) is 5.80. The zero-order valence-electron chi connectivity index (χ0n) is 19.9. The fraction of sp³-hybridized carbons (Fsp3) is 0.286. The average Bonchev–Trinajstić information content (AvgIpc) is 2.85. The molecule has 0 fully saturated rings. The number of amides is 2. The van der Waals surface area contributed by atoms with Gasteiger partial charge in [0.15, 0.2) is 11.5 Å². The van der Waals surface area contributed by atoms with E-state index >= 15 is 0 Å². The molecule has 3 aromatic rings. The minimum atomic E-state index is -0.761. The van der Waals surface area contributed by atoms with Crippen LogP contribution in [0.5, 0.6) is 11.5 Å². The lowest BCUT2D eigenvalue weighted by Crippen LogP contribution is -2.40. The van der Waals surface area contributed by atoms with Crippen LogP contribution in [-0.4, -0.2) is 18.9 Å². The van der Waals surface area contributed by atoms with E-state index in [0.717, 1.165) is 16.7 Å². The molecule has 3 rings (SSSR count). The predicted octanol–water partition coefficient (Wildman–Crippen LogP) is 4.79. The number of benzene rings is 3. The summed E-state index contributed by atoms with van der Waals surface area (Å²) >= 11 is 0. The van der Waals surface area contributed by atoms with Crippen molar-refractivity contribution in [2.75, 3.05) is 7.11 Å². The van der Waals surface area contributed by atoms with Gasteiger partial charge >= 0.3 is 0 Å². The van der Waals surface area contributed by atoms with Gasteiger partial charge < -0.3 is 20.1 Å². The van der Waals surface area contributed by atoms with Crippen LogP contribution in [0.25, 0.3) is 0 Å². The summed E-state index contributed by atoms with van der Waals surface area (Å²) in [6.45, 7) is 4.66. The molecule has 1 unspecified atom stereocenters. The monoisotopic (exact) mass is 460 g/mol. The van der Waals surface area contributed by atoms with Gasteiger partial charge in [-0.15, -0.1) is 0 Å². The van der Waals surface area contributed by atoms with Crippen LogP contribution in [0.3, 0.4) is 0 Å². The van der Waals surface area contributed by atoms with Crippen LogP contribution in [0.1, 0.15) is 43.0 Å². The molecule has 0 aliphatic rings. The highest BCUT2D eigenvalue weighted by molar-refractivity contribution is 5.88. The molecule has 0 bridgehead atoms. The maximum atomic E-state index is 13.0. The van der Waals surface area contributed by atoms with Crippen molar-refractivity contribution in [2.24, 2.45) is 5.92 Å². The zero-order valence-corrected chi connectivity index (χ0v) is 19.9. The van der Waals surface area contributed by atoms with Gasteiger partial charge in [-0.1, -0.05) is 80.6 Å². The van der Waals surface area contributed by atoms with Crippen molar-refractivity contribution < 1.29 is 19.1 Å². The minimum absolute atomic E-state index is 0.152. The van der Waals surface area contributed by atoms with Gasteiger partial charge in [-0.25, -0.2) is 0 Å². The van der Waals surface area contributed by atoms with Crippen LogP contribution in [0.4, 0.5) is 0 Å². The van der Waals surface area contributed by atoms with E-state index in [4.69, 9.17) is 9.47 Å². The second kappa shape index (κ2) is 12.4. The molecule has 1 atom stereocenters. The minimum Gasteiger partial charge on any atom is -0.493 e. The molecule has 0 radical (unpaired) electrons. The first-order valence-electron chi connectivity index (χ1n) is 11.4. The summed E-state index contributed by atoms with van der Waals surface area (Å²) in [6.07, 6.45) is 0.359. The van der Waals surface area contributed by atoms with Crippen molar-refractivity contribution in [2.45, 2.75) is 39.5 Å².